The number of nitrogens with zero attached hydrogens (tertiary/aromatic N) is 4. The molecular weight excluding hydrogens is 320 g/mol. The molecule has 0 unspecified atom stereocenters. The molecule has 1 aliphatic heterocycles. The average molecular weight is 338 g/mol. The number of aryl methyl sites for hydroxylation is 1. The third-order valence-electron chi connectivity index (χ3n) is 4.56. The third kappa shape index (κ3) is 2.76. The summed E-state index contributed by atoms with van der Waals surface area (Å²) >= 11 is 0. The summed E-state index contributed by atoms with van der Waals surface area (Å²) in [6.07, 6.45) is 2.29. The Labute approximate surface area is 144 Å². The molecule has 25 heavy (non-hydrogen) atoms. The predicted octanol–water partition coefficient (Wildman–Crippen LogP) is 2.53. The Morgan fingerprint density at radius 2 is 2.20 bits per heavy atom. The third-order valence-corrected chi connectivity index (χ3v) is 4.56. The van der Waals surface area contributed by atoms with Gasteiger partial charge in [0.05, 0.1) is 11.6 Å². The fraction of sp³-hybridized carbons (Fsp3) is 0.333. The van der Waals surface area contributed by atoms with E-state index in [0.717, 1.165) is 10.9 Å². The van der Waals surface area contributed by atoms with Crippen molar-refractivity contribution in [1.29, 1.82) is 0 Å². The molecule has 1 aromatic carbocycles. The molecule has 0 saturated carbocycles. The molecule has 1 aliphatic rings. The van der Waals surface area contributed by atoms with Gasteiger partial charge in [-0.1, -0.05) is 17.3 Å². The number of carbonyl (C=O) groups excluding carboxylic acids is 1. The highest BCUT2D eigenvalue weighted by molar-refractivity contribution is 6.06. The standard InChI is InChI=1S/C18H18N4O3/c1-11-20-17(25-21-11)16-9-12(24-2)10-22(16)18(23)14-5-3-7-15-13(14)6-4-8-19-15/h3-8,12,16H,9-10H2,1-2H3/t12-,16-/m1/s1. The van der Waals surface area contributed by atoms with Gasteiger partial charge in [0.25, 0.3) is 5.91 Å². The molecule has 2 atom stereocenters. The summed E-state index contributed by atoms with van der Waals surface area (Å²) < 4.78 is 10.8. The van der Waals surface area contributed by atoms with Gasteiger partial charge >= 0.3 is 0 Å². The Balaban J connectivity index is 1.74. The van der Waals surface area contributed by atoms with Crippen LogP contribution in [-0.2, 0) is 4.74 Å². The van der Waals surface area contributed by atoms with Crippen molar-refractivity contribution in [3.05, 3.63) is 53.8 Å². The maximum atomic E-state index is 13.3. The fourth-order valence-electron chi connectivity index (χ4n) is 3.32. The van der Waals surface area contributed by atoms with Crippen LogP contribution < -0.4 is 0 Å². The smallest absolute Gasteiger partial charge is 0.255 e. The van der Waals surface area contributed by atoms with E-state index in [4.69, 9.17) is 9.26 Å². The number of benzene rings is 1. The second-order valence-electron chi connectivity index (χ2n) is 6.12. The van der Waals surface area contributed by atoms with Gasteiger partial charge in [0.15, 0.2) is 5.82 Å². The SMILES string of the molecule is CO[C@@H]1C[C@H](c2nc(C)no2)N(C(=O)c2cccc3ncccc23)C1. The summed E-state index contributed by atoms with van der Waals surface area (Å²) in [5.41, 5.74) is 1.41. The van der Waals surface area contributed by atoms with Crippen LogP contribution in [0, 0.1) is 6.92 Å². The Bertz CT molecular complexity index is 918. The first kappa shape index (κ1) is 15.7. The van der Waals surface area contributed by atoms with Crippen molar-refractivity contribution in [2.75, 3.05) is 13.7 Å². The fourth-order valence-corrected chi connectivity index (χ4v) is 3.32. The number of fused-ring (bicyclic) bond motifs is 1. The second kappa shape index (κ2) is 6.25. The highest BCUT2D eigenvalue weighted by Gasteiger charge is 2.40. The van der Waals surface area contributed by atoms with Crippen molar-refractivity contribution < 1.29 is 14.1 Å². The zero-order chi connectivity index (χ0) is 17.4. The predicted molar refractivity (Wildman–Crippen MR) is 90.0 cm³/mol. The zero-order valence-corrected chi connectivity index (χ0v) is 14.0. The molecule has 3 heterocycles. The molecule has 128 valence electrons. The first-order chi connectivity index (χ1) is 12.2. The average Bonchev–Trinajstić information content (AvgIpc) is 3.26. The van der Waals surface area contributed by atoms with Gasteiger partial charge in [-0.3, -0.25) is 9.78 Å². The van der Waals surface area contributed by atoms with Crippen LogP contribution in [0.4, 0.5) is 0 Å². The lowest BCUT2D eigenvalue weighted by Crippen LogP contribution is -2.32. The summed E-state index contributed by atoms with van der Waals surface area (Å²) in [7, 11) is 1.65. The van der Waals surface area contributed by atoms with Crippen molar-refractivity contribution in [2.45, 2.75) is 25.5 Å². The molecule has 3 aromatic rings. The van der Waals surface area contributed by atoms with Crippen LogP contribution in [0.5, 0.6) is 0 Å². The van der Waals surface area contributed by atoms with Crippen molar-refractivity contribution in [1.82, 2.24) is 20.0 Å². The van der Waals surface area contributed by atoms with Gasteiger partial charge in [-0.15, -0.1) is 0 Å². The molecule has 0 spiro atoms. The minimum absolute atomic E-state index is 0.0609. The number of rotatable bonds is 3. The number of hydrogen-bond donors (Lipinski definition) is 0. The van der Waals surface area contributed by atoms with Crippen LogP contribution in [0.25, 0.3) is 10.9 Å². The lowest BCUT2D eigenvalue weighted by Gasteiger charge is -2.22. The van der Waals surface area contributed by atoms with Crippen molar-refractivity contribution in [3.63, 3.8) is 0 Å². The zero-order valence-electron chi connectivity index (χ0n) is 14.0. The molecule has 7 heteroatoms. The highest BCUT2D eigenvalue weighted by atomic mass is 16.5. The van der Waals surface area contributed by atoms with Crippen molar-refractivity contribution in [3.8, 4) is 0 Å². The van der Waals surface area contributed by atoms with Crippen LogP contribution in [0.1, 0.15) is 34.5 Å². The van der Waals surface area contributed by atoms with E-state index in [0.29, 0.717) is 30.2 Å². The molecule has 0 N–H and O–H groups in total. The van der Waals surface area contributed by atoms with E-state index >= 15 is 0 Å². The Kier molecular flexibility index (Phi) is 3.93. The number of carbonyl (C=O) groups is 1. The number of aromatic nitrogens is 3. The quantitative estimate of drug-likeness (QED) is 0.730. The first-order valence-corrected chi connectivity index (χ1v) is 8.15. The Morgan fingerprint density at radius 3 is 2.96 bits per heavy atom. The van der Waals surface area contributed by atoms with E-state index in [1.807, 2.05) is 30.3 Å². The molecular formula is C18H18N4O3. The largest absolute Gasteiger partial charge is 0.380 e. The number of ether oxygens (including phenoxy) is 1. The van der Waals surface area contributed by atoms with Crippen LogP contribution in [-0.4, -0.2) is 45.7 Å². The maximum Gasteiger partial charge on any atom is 0.255 e. The van der Waals surface area contributed by atoms with E-state index in [1.54, 1.807) is 25.1 Å². The number of hydrogen-bond acceptors (Lipinski definition) is 6. The molecule has 1 saturated heterocycles. The summed E-state index contributed by atoms with van der Waals surface area (Å²) in [6, 6.07) is 9.02. The summed E-state index contributed by atoms with van der Waals surface area (Å²) in [5.74, 6) is 0.917. The molecule has 1 amide bonds. The molecule has 4 rings (SSSR count). The Morgan fingerprint density at radius 1 is 1.32 bits per heavy atom. The van der Waals surface area contributed by atoms with Gasteiger partial charge in [0.1, 0.15) is 6.04 Å². The van der Waals surface area contributed by atoms with E-state index in [9.17, 15) is 4.79 Å². The number of methoxy groups -OCH3 is 1. The molecule has 1 fully saturated rings. The lowest BCUT2D eigenvalue weighted by atomic mass is 10.1. The molecule has 0 radical (unpaired) electrons. The van der Waals surface area contributed by atoms with Crippen LogP contribution in [0.15, 0.2) is 41.1 Å². The highest BCUT2D eigenvalue weighted by Crippen LogP contribution is 2.34. The maximum absolute atomic E-state index is 13.3. The number of pyridine rings is 1. The van der Waals surface area contributed by atoms with E-state index < -0.39 is 0 Å². The first-order valence-electron chi connectivity index (χ1n) is 8.15. The van der Waals surface area contributed by atoms with Crippen molar-refractivity contribution in [2.24, 2.45) is 0 Å². The van der Waals surface area contributed by atoms with Crippen LogP contribution in [0.2, 0.25) is 0 Å². The molecule has 0 aliphatic carbocycles. The van der Waals surface area contributed by atoms with E-state index in [1.165, 1.54) is 0 Å². The second-order valence-corrected chi connectivity index (χ2v) is 6.12. The summed E-state index contributed by atoms with van der Waals surface area (Å²) in [5, 5.41) is 4.68. The number of amides is 1. The summed E-state index contributed by atoms with van der Waals surface area (Å²) in [4.78, 5) is 23.7. The van der Waals surface area contributed by atoms with Gasteiger partial charge in [0, 0.05) is 37.2 Å². The molecule has 7 nitrogen and oxygen atoms in total. The topological polar surface area (TPSA) is 81.4 Å². The van der Waals surface area contributed by atoms with Gasteiger partial charge in [-0.2, -0.15) is 4.98 Å². The van der Waals surface area contributed by atoms with E-state index in [2.05, 4.69) is 15.1 Å². The van der Waals surface area contributed by atoms with Gasteiger partial charge in [-0.25, -0.2) is 0 Å². The van der Waals surface area contributed by atoms with Crippen molar-refractivity contribution >= 4 is 16.8 Å². The van der Waals surface area contributed by atoms with Crippen LogP contribution >= 0.6 is 0 Å². The number of likely N-dealkylation sites (tertiary alicyclic amines) is 1. The monoisotopic (exact) mass is 338 g/mol. The van der Waals surface area contributed by atoms with Gasteiger partial charge < -0.3 is 14.2 Å². The van der Waals surface area contributed by atoms with E-state index in [-0.39, 0.29) is 18.1 Å². The Hall–Kier alpha value is -2.80. The van der Waals surface area contributed by atoms with Gasteiger partial charge in [0.2, 0.25) is 5.89 Å². The minimum atomic E-state index is -0.287. The molecule has 0 bridgehead atoms. The normalized spacial score (nSPS) is 20.3. The summed E-state index contributed by atoms with van der Waals surface area (Å²) in [6.45, 7) is 2.25. The van der Waals surface area contributed by atoms with Crippen LogP contribution in [0.3, 0.4) is 0 Å². The molecule has 2 aromatic heterocycles. The minimum Gasteiger partial charge on any atom is -0.380 e. The lowest BCUT2D eigenvalue weighted by molar-refractivity contribution is 0.0672. The van der Waals surface area contributed by atoms with Gasteiger partial charge in [-0.05, 0) is 25.1 Å².